The molecule has 146 valence electrons. The molecule has 1 aliphatic carbocycles. The van der Waals surface area contributed by atoms with Crippen molar-refractivity contribution in [3.05, 3.63) is 47.0 Å². The molecule has 1 aliphatic rings. The Morgan fingerprint density at radius 3 is 2.86 bits per heavy atom. The summed E-state index contributed by atoms with van der Waals surface area (Å²) in [7, 11) is 3.00. The molecule has 6 nitrogen and oxygen atoms in total. The molecule has 2 aromatic heterocycles. The lowest BCUT2D eigenvalue weighted by molar-refractivity contribution is -0.123. The van der Waals surface area contributed by atoms with Gasteiger partial charge in [0.05, 0.1) is 36.4 Å². The number of fused-ring (bicyclic) bond motifs is 1. The topological polar surface area (TPSA) is 76.2 Å². The smallest absolute Gasteiger partial charge is 0.255 e. The summed E-state index contributed by atoms with van der Waals surface area (Å²) in [5.74, 6) is -0.695. The van der Waals surface area contributed by atoms with E-state index in [1.165, 1.54) is 13.2 Å². The quantitative estimate of drug-likeness (QED) is 0.615. The van der Waals surface area contributed by atoms with E-state index in [4.69, 9.17) is 21.1 Å². The average Bonchev–Trinajstić information content (AvgIpc) is 3.38. The molecule has 1 aromatic carbocycles. The standard InChI is InChI=1S/C20H19ClFN3O3/c1-27-17-4-3-15(25-19(17)22)12-7-16-10(6-14(12)21)5-11(24-16)9-23-20(26)13-8-18(13)28-2/h3-7,13,18,24H,8-9H2,1-2H3,(H,23,26). The molecule has 28 heavy (non-hydrogen) atoms. The SMILES string of the molecule is COc1ccc(-c2cc3[nH]c(CNC(=O)C4CC4OC)cc3cc2Cl)nc1F. The highest BCUT2D eigenvalue weighted by atomic mass is 35.5. The van der Waals surface area contributed by atoms with Gasteiger partial charge in [0.2, 0.25) is 5.91 Å². The number of aromatic amines is 1. The van der Waals surface area contributed by atoms with E-state index in [2.05, 4.69) is 15.3 Å². The van der Waals surface area contributed by atoms with Crippen molar-refractivity contribution < 1.29 is 18.7 Å². The van der Waals surface area contributed by atoms with Gasteiger partial charge in [-0.25, -0.2) is 4.98 Å². The van der Waals surface area contributed by atoms with Gasteiger partial charge in [0, 0.05) is 29.3 Å². The Kier molecular flexibility index (Phi) is 4.95. The molecule has 2 heterocycles. The zero-order valence-electron chi connectivity index (χ0n) is 15.4. The number of H-pyrrole nitrogens is 1. The summed E-state index contributed by atoms with van der Waals surface area (Å²) < 4.78 is 24.0. The van der Waals surface area contributed by atoms with Crippen LogP contribution < -0.4 is 10.1 Å². The van der Waals surface area contributed by atoms with E-state index >= 15 is 0 Å². The second kappa shape index (κ2) is 7.41. The van der Waals surface area contributed by atoms with Crippen LogP contribution in [0.4, 0.5) is 4.39 Å². The molecule has 2 unspecified atom stereocenters. The van der Waals surface area contributed by atoms with Gasteiger partial charge in [0.15, 0.2) is 5.75 Å². The third kappa shape index (κ3) is 3.55. The highest BCUT2D eigenvalue weighted by Crippen LogP contribution is 2.34. The molecule has 0 spiro atoms. The summed E-state index contributed by atoms with van der Waals surface area (Å²) >= 11 is 6.39. The lowest BCUT2D eigenvalue weighted by atomic mass is 10.1. The first kappa shape index (κ1) is 18.7. The van der Waals surface area contributed by atoms with Crippen molar-refractivity contribution in [2.24, 2.45) is 5.92 Å². The van der Waals surface area contributed by atoms with Crippen molar-refractivity contribution in [2.45, 2.75) is 19.1 Å². The van der Waals surface area contributed by atoms with Gasteiger partial charge in [-0.05, 0) is 36.8 Å². The number of halogens is 2. The maximum absolute atomic E-state index is 13.9. The predicted octanol–water partition coefficient (Wildman–Crippen LogP) is 3.68. The molecule has 3 aromatic rings. The van der Waals surface area contributed by atoms with Crippen LogP contribution in [0.5, 0.6) is 5.75 Å². The molecule has 1 saturated carbocycles. The lowest BCUT2D eigenvalue weighted by Crippen LogP contribution is -2.25. The first-order valence-electron chi connectivity index (χ1n) is 8.82. The van der Waals surface area contributed by atoms with E-state index in [1.54, 1.807) is 19.2 Å². The molecule has 0 radical (unpaired) electrons. The van der Waals surface area contributed by atoms with Crippen molar-refractivity contribution in [3.63, 3.8) is 0 Å². The number of methoxy groups -OCH3 is 2. The van der Waals surface area contributed by atoms with Crippen LogP contribution in [0, 0.1) is 11.9 Å². The fraction of sp³-hybridized carbons (Fsp3) is 0.300. The molecule has 0 aliphatic heterocycles. The van der Waals surface area contributed by atoms with E-state index < -0.39 is 5.95 Å². The zero-order valence-corrected chi connectivity index (χ0v) is 16.1. The summed E-state index contributed by atoms with van der Waals surface area (Å²) in [5.41, 5.74) is 2.69. The monoisotopic (exact) mass is 403 g/mol. The van der Waals surface area contributed by atoms with Gasteiger partial charge in [0.1, 0.15) is 0 Å². The second-order valence-corrected chi connectivity index (χ2v) is 7.14. The summed E-state index contributed by atoms with van der Waals surface area (Å²) in [6, 6.07) is 8.70. The fourth-order valence-corrected chi connectivity index (χ4v) is 3.52. The first-order chi connectivity index (χ1) is 13.5. The second-order valence-electron chi connectivity index (χ2n) is 6.74. The number of nitrogens with zero attached hydrogens (tertiary/aromatic N) is 1. The predicted molar refractivity (Wildman–Crippen MR) is 104 cm³/mol. The minimum atomic E-state index is -0.694. The minimum Gasteiger partial charge on any atom is -0.492 e. The van der Waals surface area contributed by atoms with Crippen molar-refractivity contribution in [1.82, 2.24) is 15.3 Å². The van der Waals surface area contributed by atoms with Gasteiger partial charge in [0.25, 0.3) is 5.95 Å². The molecular weight excluding hydrogens is 385 g/mol. The number of amides is 1. The van der Waals surface area contributed by atoms with E-state index in [0.29, 0.717) is 22.8 Å². The zero-order chi connectivity index (χ0) is 19.8. The Balaban J connectivity index is 1.55. The van der Waals surface area contributed by atoms with E-state index in [1.807, 2.05) is 12.1 Å². The number of nitrogens with one attached hydrogen (secondary N) is 2. The number of rotatable bonds is 6. The third-order valence-corrected chi connectivity index (χ3v) is 5.21. The Morgan fingerprint density at radius 2 is 2.18 bits per heavy atom. The lowest BCUT2D eigenvalue weighted by Gasteiger charge is -2.06. The number of hydrogen-bond acceptors (Lipinski definition) is 4. The van der Waals surface area contributed by atoms with Crippen molar-refractivity contribution in [2.75, 3.05) is 14.2 Å². The van der Waals surface area contributed by atoms with Gasteiger partial charge in [-0.15, -0.1) is 0 Å². The van der Waals surface area contributed by atoms with E-state index in [0.717, 1.165) is 23.0 Å². The molecule has 0 bridgehead atoms. The maximum atomic E-state index is 13.9. The molecule has 2 N–H and O–H groups in total. The maximum Gasteiger partial charge on any atom is 0.255 e. The molecule has 8 heteroatoms. The Hall–Kier alpha value is -2.64. The summed E-state index contributed by atoms with van der Waals surface area (Å²) in [6.45, 7) is 0.378. The summed E-state index contributed by atoms with van der Waals surface area (Å²) in [4.78, 5) is 19.3. The Labute approximate surface area is 166 Å². The third-order valence-electron chi connectivity index (χ3n) is 4.90. The van der Waals surface area contributed by atoms with Crippen molar-refractivity contribution >= 4 is 28.4 Å². The van der Waals surface area contributed by atoms with Gasteiger partial charge in [-0.2, -0.15) is 4.39 Å². The van der Waals surface area contributed by atoms with Crippen LogP contribution in [-0.2, 0) is 16.1 Å². The molecule has 2 atom stereocenters. The van der Waals surface area contributed by atoms with Gasteiger partial charge < -0.3 is 19.8 Å². The highest BCUT2D eigenvalue weighted by molar-refractivity contribution is 6.34. The van der Waals surface area contributed by atoms with Crippen molar-refractivity contribution in [3.8, 4) is 17.0 Å². The Morgan fingerprint density at radius 1 is 1.36 bits per heavy atom. The van der Waals surface area contributed by atoms with Crippen LogP contribution in [0.2, 0.25) is 5.02 Å². The van der Waals surface area contributed by atoms with Gasteiger partial charge >= 0.3 is 0 Å². The van der Waals surface area contributed by atoms with Crippen LogP contribution in [0.3, 0.4) is 0 Å². The molecule has 1 amide bonds. The van der Waals surface area contributed by atoms with Gasteiger partial charge in [-0.3, -0.25) is 4.79 Å². The molecule has 0 saturated heterocycles. The number of ether oxygens (including phenoxy) is 2. The fourth-order valence-electron chi connectivity index (χ4n) is 3.25. The molecule has 1 fully saturated rings. The minimum absolute atomic E-state index is 0.0119. The average molecular weight is 404 g/mol. The van der Waals surface area contributed by atoms with E-state index in [9.17, 15) is 9.18 Å². The number of pyridine rings is 1. The largest absolute Gasteiger partial charge is 0.492 e. The summed E-state index contributed by atoms with van der Waals surface area (Å²) in [5, 5.41) is 4.26. The van der Waals surface area contributed by atoms with Crippen LogP contribution in [0.25, 0.3) is 22.2 Å². The molecule has 4 rings (SSSR count). The summed E-state index contributed by atoms with van der Waals surface area (Å²) in [6.07, 6.45) is 0.792. The first-order valence-corrected chi connectivity index (χ1v) is 9.20. The normalized spacial score (nSPS) is 18.3. The molecular formula is C20H19ClFN3O3. The number of hydrogen-bond donors (Lipinski definition) is 2. The van der Waals surface area contributed by atoms with E-state index in [-0.39, 0.29) is 23.7 Å². The van der Waals surface area contributed by atoms with Crippen LogP contribution in [0.1, 0.15) is 12.1 Å². The number of aromatic nitrogens is 2. The van der Waals surface area contributed by atoms with Crippen LogP contribution in [0.15, 0.2) is 30.3 Å². The number of carbonyl (C=O) groups excluding carboxylic acids is 1. The Bertz CT molecular complexity index is 1050. The number of benzene rings is 1. The van der Waals surface area contributed by atoms with Crippen LogP contribution in [-0.4, -0.2) is 36.2 Å². The number of carbonyl (C=O) groups is 1. The highest BCUT2D eigenvalue weighted by Gasteiger charge is 2.43. The van der Waals surface area contributed by atoms with Crippen molar-refractivity contribution in [1.29, 1.82) is 0 Å². The van der Waals surface area contributed by atoms with Crippen LogP contribution >= 0.6 is 11.6 Å². The van der Waals surface area contributed by atoms with Gasteiger partial charge in [-0.1, -0.05) is 11.6 Å².